The summed E-state index contributed by atoms with van der Waals surface area (Å²) < 4.78 is 12.7. The highest BCUT2D eigenvalue weighted by Crippen LogP contribution is 2.32. The minimum absolute atomic E-state index is 0.0527. The van der Waals surface area contributed by atoms with Gasteiger partial charge in [-0.2, -0.15) is 0 Å². The second-order valence-electron chi connectivity index (χ2n) is 6.41. The van der Waals surface area contributed by atoms with Gasteiger partial charge in [-0.1, -0.05) is 6.07 Å². The fourth-order valence-electron chi connectivity index (χ4n) is 3.16. The van der Waals surface area contributed by atoms with E-state index in [1.807, 2.05) is 41.7 Å². The van der Waals surface area contributed by atoms with Gasteiger partial charge in [-0.05, 0) is 23.8 Å². The van der Waals surface area contributed by atoms with E-state index in [4.69, 9.17) is 9.47 Å². The summed E-state index contributed by atoms with van der Waals surface area (Å²) in [6, 6.07) is 5.68. The van der Waals surface area contributed by atoms with Gasteiger partial charge in [0, 0.05) is 57.7 Å². The van der Waals surface area contributed by atoms with Crippen molar-refractivity contribution >= 4 is 12.0 Å². The number of rotatable bonds is 5. The van der Waals surface area contributed by atoms with Crippen molar-refractivity contribution in [2.24, 2.45) is 0 Å². The lowest BCUT2D eigenvalue weighted by molar-refractivity contribution is -0.127. The van der Waals surface area contributed by atoms with E-state index in [1.165, 1.54) is 0 Å². The van der Waals surface area contributed by atoms with Crippen LogP contribution in [0.2, 0.25) is 0 Å². The van der Waals surface area contributed by atoms with Gasteiger partial charge < -0.3 is 18.9 Å². The SMILES string of the molecule is O=C(/C=C/c1ccc2c(c1)OCO2)N1CCN(CCn2ccnc2)CC1. The molecule has 1 aromatic carbocycles. The van der Waals surface area contributed by atoms with Crippen LogP contribution in [0.3, 0.4) is 0 Å². The number of aromatic nitrogens is 2. The number of ether oxygens (including phenoxy) is 2. The van der Waals surface area contributed by atoms with Gasteiger partial charge in [0.05, 0.1) is 6.33 Å². The summed E-state index contributed by atoms with van der Waals surface area (Å²) in [4.78, 5) is 20.7. The van der Waals surface area contributed by atoms with Crippen molar-refractivity contribution in [1.29, 1.82) is 0 Å². The molecule has 0 N–H and O–H groups in total. The minimum Gasteiger partial charge on any atom is -0.454 e. The molecule has 0 radical (unpaired) electrons. The van der Waals surface area contributed by atoms with E-state index in [2.05, 4.69) is 14.5 Å². The van der Waals surface area contributed by atoms with Gasteiger partial charge in [0.1, 0.15) is 0 Å². The molecule has 7 heteroatoms. The van der Waals surface area contributed by atoms with Crippen LogP contribution < -0.4 is 9.47 Å². The van der Waals surface area contributed by atoms with Crippen LogP contribution in [0, 0.1) is 0 Å². The normalized spacial score (nSPS) is 17.2. The second kappa shape index (κ2) is 7.61. The van der Waals surface area contributed by atoms with Crippen molar-refractivity contribution in [3.63, 3.8) is 0 Å². The van der Waals surface area contributed by atoms with Gasteiger partial charge in [0.15, 0.2) is 11.5 Å². The average Bonchev–Trinajstić information content (AvgIpc) is 3.36. The maximum absolute atomic E-state index is 12.4. The molecule has 3 heterocycles. The smallest absolute Gasteiger partial charge is 0.246 e. The lowest BCUT2D eigenvalue weighted by atomic mass is 10.2. The molecule has 1 saturated heterocycles. The molecule has 0 spiro atoms. The van der Waals surface area contributed by atoms with Crippen LogP contribution in [-0.2, 0) is 11.3 Å². The van der Waals surface area contributed by atoms with Gasteiger partial charge in [0.25, 0.3) is 0 Å². The third-order valence-electron chi connectivity index (χ3n) is 4.73. The molecule has 7 nitrogen and oxygen atoms in total. The number of hydrogen-bond donors (Lipinski definition) is 0. The first-order valence-corrected chi connectivity index (χ1v) is 8.83. The molecule has 2 aliphatic heterocycles. The summed E-state index contributed by atoms with van der Waals surface area (Å²) in [5.74, 6) is 1.53. The number of benzene rings is 1. The first kappa shape index (κ1) is 16.7. The van der Waals surface area contributed by atoms with Crippen LogP contribution in [0.25, 0.3) is 6.08 Å². The molecule has 1 amide bonds. The molecule has 4 rings (SSSR count). The Bertz CT molecular complexity index is 780. The van der Waals surface area contributed by atoms with E-state index < -0.39 is 0 Å². The molecule has 0 unspecified atom stereocenters. The van der Waals surface area contributed by atoms with Gasteiger partial charge in [-0.15, -0.1) is 0 Å². The summed E-state index contributed by atoms with van der Waals surface area (Å²) in [6.45, 7) is 5.48. The number of carbonyl (C=O) groups is 1. The van der Waals surface area contributed by atoms with E-state index in [1.54, 1.807) is 12.3 Å². The molecule has 1 aromatic heterocycles. The molecule has 0 saturated carbocycles. The summed E-state index contributed by atoms with van der Waals surface area (Å²) in [7, 11) is 0. The Hall–Kier alpha value is -2.80. The minimum atomic E-state index is 0.0527. The first-order chi connectivity index (χ1) is 12.8. The maximum Gasteiger partial charge on any atom is 0.246 e. The molecular formula is C19H22N4O3. The van der Waals surface area contributed by atoms with Crippen molar-refractivity contribution in [3.05, 3.63) is 48.6 Å². The lowest BCUT2D eigenvalue weighted by Gasteiger charge is -2.34. The van der Waals surface area contributed by atoms with Gasteiger partial charge >= 0.3 is 0 Å². The van der Waals surface area contributed by atoms with Crippen molar-refractivity contribution in [2.75, 3.05) is 39.5 Å². The molecule has 1 fully saturated rings. The number of fused-ring (bicyclic) bond motifs is 1. The monoisotopic (exact) mass is 354 g/mol. The Morgan fingerprint density at radius 2 is 1.96 bits per heavy atom. The molecular weight excluding hydrogens is 332 g/mol. The lowest BCUT2D eigenvalue weighted by Crippen LogP contribution is -2.48. The number of nitrogens with zero attached hydrogens (tertiary/aromatic N) is 4. The zero-order valence-electron chi connectivity index (χ0n) is 14.6. The zero-order chi connectivity index (χ0) is 17.8. The third kappa shape index (κ3) is 3.88. The van der Waals surface area contributed by atoms with Crippen LogP contribution in [0.5, 0.6) is 11.5 Å². The van der Waals surface area contributed by atoms with E-state index in [0.717, 1.165) is 56.3 Å². The number of piperazine rings is 1. The fourth-order valence-corrected chi connectivity index (χ4v) is 3.16. The maximum atomic E-state index is 12.4. The Labute approximate surface area is 152 Å². The first-order valence-electron chi connectivity index (χ1n) is 8.83. The summed E-state index contributed by atoms with van der Waals surface area (Å²) in [6.07, 6.45) is 9.07. The molecule has 2 aliphatic rings. The summed E-state index contributed by atoms with van der Waals surface area (Å²) in [5, 5.41) is 0. The number of imidazole rings is 1. The number of carbonyl (C=O) groups excluding carboxylic acids is 1. The Balaban J connectivity index is 1.25. The average molecular weight is 354 g/mol. The number of hydrogen-bond acceptors (Lipinski definition) is 5. The van der Waals surface area contributed by atoms with Gasteiger partial charge in [-0.3, -0.25) is 9.69 Å². The molecule has 0 atom stereocenters. The van der Waals surface area contributed by atoms with Crippen LogP contribution in [0.4, 0.5) is 0 Å². The largest absolute Gasteiger partial charge is 0.454 e. The van der Waals surface area contributed by atoms with Crippen LogP contribution in [0.15, 0.2) is 43.0 Å². The van der Waals surface area contributed by atoms with E-state index in [-0.39, 0.29) is 12.7 Å². The third-order valence-corrected chi connectivity index (χ3v) is 4.73. The predicted molar refractivity (Wildman–Crippen MR) is 96.8 cm³/mol. The molecule has 26 heavy (non-hydrogen) atoms. The topological polar surface area (TPSA) is 59.8 Å². The fraction of sp³-hybridized carbons (Fsp3) is 0.368. The molecule has 0 bridgehead atoms. The molecule has 136 valence electrons. The Morgan fingerprint density at radius 3 is 2.77 bits per heavy atom. The highest BCUT2D eigenvalue weighted by molar-refractivity contribution is 5.92. The molecule has 2 aromatic rings. The summed E-state index contributed by atoms with van der Waals surface area (Å²) in [5.41, 5.74) is 0.932. The van der Waals surface area contributed by atoms with E-state index in [9.17, 15) is 4.79 Å². The zero-order valence-corrected chi connectivity index (χ0v) is 14.6. The number of amides is 1. The summed E-state index contributed by atoms with van der Waals surface area (Å²) >= 11 is 0. The van der Waals surface area contributed by atoms with Crippen molar-refractivity contribution in [2.45, 2.75) is 6.54 Å². The Morgan fingerprint density at radius 1 is 1.12 bits per heavy atom. The van der Waals surface area contributed by atoms with E-state index in [0.29, 0.717) is 0 Å². The van der Waals surface area contributed by atoms with Crippen molar-refractivity contribution in [1.82, 2.24) is 19.4 Å². The van der Waals surface area contributed by atoms with Crippen LogP contribution in [0.1, 0.15) is 5.56 Å². The second-order valence-corrected chi connectivity index (χ2v) is 6.41. The van der Waals surface area contributed by atoms with Gasteiger partial charge in [0.2, 0.25) is 12.7 Å². The Kier molecular flexibility index (Phi) is 4.88. The van der Waals surface area contributed by atoms with Gasteiger partial charge in [-0.25, -0.2) is 4.98 Å². The van der Waals surface area contributed by atoms with Crippen molar-refractivity contribution < 1.29 is 14.3 Å². The highest BCUT2D eigenvalue weighted by atomic mass is 16.7. The van der Waals surface area contributed by atoms with E-state index >= 15 is 0 Å². The molecule has 0 aliphatic carbocycles. The standard InChI is InChI=1S/C19H22N4O3/c24-19(4-2-16-1-3-17-18(13-16)26-15-25-17)23-11-9-21(10-12-23)7-8-22-6-5-20-14-22/h1-6,13-14H,7-12,15H2/b4-2+. The highest BCUT2D eigenvalue weighted by Gasteiger charge is 2.19. The van der Waals surface area contributed by atoms with Crippen molar-refractivity contribution in [3.8, 4) is 11.5 Å². The van der Waals surface area contributed by atoms with Crippen LogP contribution >= 0.6 is 0 Å². The van der Waals surface area contributed by atoms with Crippen LogP contribution in [-0.4, -0.2) is 64.8 Å². The predicted octanol–water partition coefficient (Wildman–Crippen LogP) is 1.47. The quantitative estimate of drug-likeness (QED) is 0.761.